The molecule has 0 radical (unpaired) electrons. The smallest absolute Gasteiger partial charge is 0.306 e. The van der Waals surface area contributed by atoms with E-state index in [9.17, 15) is 14.4 Å². The number of rotatable bonds is 47. The van der Waals surface area contributed by atoms with Gasteiger partial charge in [0.2, 0.25) is 0 Å². The SMILES string of the molecule is CCCCCCCCCCCCCCCCCCCCCC(=O)OC[C@@H](COC(=O)CCCCCCCCC)OC(=O)CCCCCCCCCCCCCCC. The van der Waals surface area contributed by atoms with Gasteiger partial charge in [-0.05, 0) is 19.3 Å². The van der Waals surface area contributed by atoms with Crippen molar-refractivity contribution in [1.29, 1.82) is 0 Å². The molecule has 0 heterocycles. The average Bonchev–Trinajstić information content (AvgIpc) is 3.21. The van der Waals surface area contributed by atoms with Gasteiger partial charge in [-0.15, -0.1) is 0 Å². The van der Waals surface area contributed by atoms with Crippen LogP contribution in [0.15, 0.2) is 0 Å². The lowest BCUT2D eigenvalue weighted by Crippen LogP contribution is -2.30. The van der Waals surface area contributed by atoms with E-state index in [4.69, 9.17) is 14.2 Å². The van der Waals surface area contributed by atoms with E-state index in [2.05, 4.69) is 20.8 Å². The number of hydrogen-bond donors (Lipinski definition) is 0. The Morgan fingerprint density at radius 3 is 0.702 bits per heavy atom. The van der Waals surface area contributed by atoms with Gasteiger partial charge in [0, 0.05) is 19.3 Å². The highest BCUT2D eigenvalue weighted by Gasteiger charge is 2.19. The summed E-state index contributed by atoms with van der Waals surface area (Å²) in [5, 5.41) is 0. The van der Waals surface area contributed by atoms with E-state index in [1.54, 1.807) is 0 Å². The van der Waals surface area contributed by atoms with Crippen molar-refractivity contribution in [2.45, 2.75) is 297 Å². The number of unbranched alkanes of at least 4 members (excludes halogenated alkanes) is 36. The van der Waals surface area contributed by atoms with Crippen molar-refractivity contribution in [2.75, 3.05) is 13.2 Å². The highest BCUT2D eigenvalue weighted by atomic mass is 16.6. The summed E-state index contributed by atoms with van der Waals surface area (Å²) >= 11 is 0. The highest BCUT2D eigenvalue weighted by Crippen LogP contribution is 2.17. The van der Waals surface area contributed by atoms with Gasteiger partial charge in [-0.3, -0.25) is 14.4 Å². The molecule has 6 nitrogen and oxygen atoms in total. The van der Waals surface area contributed by atoms with E-state index in [0.29, 0.717) is 19.3 Å². The molecular formula is C51H98O6. The summed E-state index contributed by atoms with van der Waals surface area (Å²) in [6.45, 7) is 6.64. The molecule has 0 unspecified atom stereocenters. The summed E-state index contributed by atoms with van der Waals surface area (Å²) in [4.78, 5) is 37.7. The van der Waals surface area contributed by atoms with Crippen LogP contribution in [0, 0.1) is 0 Å². The number of carbonyl (C=O) groups excluding carboxylic acids is 3. The third-order valence-corrected chi connectivity index (χ3v) is 11.6. The molecule has 0 saturated heterocycles. The molecule has 0 aliphatic rings. The van der Waals surface area contributed by atoms with Gasteiger partial charge in [-0.25, -0.2) is 0 Å². The van der Waals surface area contributed by atoms with Crippen molar-refractivity contribution in [1.82, 2.24) is 0 Å². The zero-order chi connectivity index (χ0) is 41.5. The molecule has 0 spiro atoms. The van der Waals surface area contributed by atoms with Crippen molar-refractivity contribution in [3.05, 3.63) is 0 Å². The van der Waals surface area contributed by atoms with E-state index >= 15 is 0 Å². The predicted octanol–water partition coefficient (Wildman–Crippen LogP) is 16.4. The van der Waals surface area contributed by atoms with Gasteiger partial charge in [-0.2, -0.15) is 0 Å². The molecule has 0 saturated carbocycles. The van der Waals surface area contributed by atoms with Crippen LogP contribution in [0.4, 0.5) is 0 Å². The van der Waals surface area contributed by atoms with Crippen molar-refractivity contribution >= 4 is 17.9 Å². The van der Waals surface area contributed by atoms with Gasteiger partial charge >= 0.3 is 17.9 Å². The molecule has 0 aromatic rings. The molecule has 0 aliphatic heterocycles. The fraction of sp³-hybridized carbons (Fsp3) is 0.941. The third kappa shape index (κ3) is 45.3. The van der Waals surface area contributed by atoms with E-state index in [1.807, 2.05) is 0 Å². The van der Waals surface area contributed by atoms with Crippen LogP contribution in [0.1, 0.15) is 290 Å². The summed E-state index contributed by atoms with van der Waals surface area (Å²) in [7, 11) is 0. The topological polar surface area (TPSA) is 78.9 Å². The molecule has 0 bridgehead atoms. The normalized spacial score (nSPS) is 11.8. The van der Waals surface area contributed by atoms with E-state index < -0.39 is 6.10 Å². The Kier molecular flexibility index (Phi) is 45.8. The van der Waals surface area contributed by atoms with Gasteiger partial charge in [0.05, 0.1) is 0 Å². The second-order valence-corrected chi connectivity index (χ2v) is 17.5. The fourth-order valence-corrected chi connectivity index (χ4v) is 7.74. The van der Waals surface area contributed by atoms with Crippen LogP contribution in [0.2, 0.25) is 0 Å². The van der Waals surface area contributed by atoms with Gasteiger partial charge in [0.1, 0.15) is 13.2 Å². The van der Waals surface area contributed by atoms with Crippen LogP contribution < -0.4 is 0 Å². The molecule has 0 amide bonds. The minimum Gasteiger partial charge on any atom is -0.462 e. The Labute approximate surface area is 355 Å². The van der Waals surface area contributed by atoms with E-state index in [-0.39, 0.29) is 31.1 Å². The maximum Gasteiger partial charge on any atom is 0.306 e. The van der Waals surface area contributed by atoms with Crippen LogP contribution in [0.25, 0.3) is 0 Å². The molecule has 0 fully saturated rings. The zero-order valence-corrected chi connectivity index (χ0v) is 38.6. The molecule has 0 rings (SSSR count). The number of carbonyl (C=O) groups is 3. The summed E-state index contributed by atoms with van der Waals surface area (Å²) in [5.74, 6) is -0.850. The Morgan fingerprint density at radius 2 is 0.474 bits per heavy atom. The van der Waals surface area contributed by atoms with E-state index in [0.717, 1.165) is 57.8 Å². The first-order valence-corrected chi connectivity index (χ1v) is 25.5. The first kappa shape index (κ1) is 55.4. The maximum absolute atomic E-state index is 12.7. The lowest BCUT2D eigenvalue weighted by Gasteiger charge is -2.18. The molecule has 57 heavy (non-hydrogen) atoms. The number of ether oxygens (including phenoxy) is 3. The molecule has 338 valence electrons. The van der Waals surface area contributed by atoms with Crippen molar-refractivity contribution < 1.29 is 28.6 Å². The number of esters is 3. The van der Waals surface area contributed by atoms with Crippen molar-refractivity contribution in [3.63, 3.8) is 0 Å². The Balaban J connectivity index is 4.16. The first-order valence-electron chi connectivity index (χ1n) is 25.5. The molecule has 0 aliphatic carbocycles. The fourth-order valence-electron chi connectivity index (χ4n) is 7.74. The zero-order valence-electron chi connectivity index (χ0n) is 38.6. The minimum atomic E-state index is -0.758. The monoisotopic (exact) mass is 807 g/mol. The average molecular weight is 807 g/mol. The number of hydrogen-bond acceptors (Lipinski definition) is 6. The standard InChI is InChI=1S/C51H98O6/c1-4-7-10-13-16-18-20-22-23-24-25-26-27-29-30-32-35-38-41-44-50(53)56-47-48(46-55-49(52)43-40-37-34-15-12-9-6-3)57-51(54)45-42-39-36-33-31-28-21-19-17-14-11-8-5-2/h48H,4-47H2,1-3H3/t48-/m1/s1. The quantitative estimate of drug-likeness (QED) is 0.0346. The van der Waals surface area contributed by atoms with Crippen LogP contribution in [0.3, 0.4) is 0 Å². The van der Waals surface area contributed by atoms with Crippen LogP contribution in [-0.2, 0) is 28.6 Å². The minimum absolute atomic E-state index is 0.0625. The Morgan fingerprint density at radius 1 is 0.281 bits per heavy atom. The second-order valence-electron chi connectivity index (χ2n) is 17.5. The maximum atomic E-state index is 12.7. The molecular weight excluding hydrogens is 709 g/mol. The lowest BCUT2D eigenvalue weighted by atomic mass is 10.0. The van der Waals surface area contributed by atoms with Crippen LogP contribution in [-0.4, -0.2) is 37.2 Å². The van der Waals surface area contributed by atoms with Crippen molar-refractivity contribution in [2.24, 2.45) is 0 Å². The molecule has 0 aromatic carbocycles. The molecule has 0 aromatic heterocycles. The summed E-state index contributed by atoms with van der Waals surface area (Å²) in [5.41, 5.74) is 0. The van der Waals surface area contributed by atoms with Crippen LogP contribution >= 0.6 is 0 Å². The molecule has 1 atom stereocenters. The predicted molar refractivity (Wildman–Crippen MR) is 243 cm³/mol. The van der Waals surface area contributed by atoms with Crippen LogP contribution in [0.5, 0.6) is 0 Å². The summed E-state index contributed by atoms with van der Waals surface area (Å²) in [6, 6.07) is 0. The van der Waals surface area contributed by atoms with Crippen molar-refractivity contribution in [3.8, 4) is 0 Å². The van der Waals surface area contributed by atoms with Gasteiger partial charge in [0.15, 0.2) is 6.10 Å². The van der Waals surface area contributed by atoms with Gasteiger partial charge in [0.25, 0.3) is 0 Å². The second kappa shape index (κ2) is 47.1. The van der Waals surface area contributed by atoms with E-state index in [1.165, 1.54) is 193 Å². The Hall–Kier alpha value is -1.59. The van der Waals surface area contributed by atoms with Gasteiger partial charge in [-0.1, -0.05) is 252 Å². The molecule has 6 heteroatoms. The van der Waals surface area contributed by atoms with Gasteiger partial charge < -0.3 is 14.2 Å². The first-order chi connectivity index (χ1) is 28.0. The third-order valence-electron chi connectivity index (χ3n) is 11.6. The highest BCUT2D eigenvalue weighted by molar-refractivity contribution is 5.71. The molecule has 0 N–H and O–H groups in total. The largest absolute Gasteiger partial charge is 0.462 e. The lowest BCUT2D eigenvalue weighted by molar-refractivity contribution is -0.167. The summed E-state index contributed by atoms with van der Waals surface area (Å²) in [6.07, 6.45) is 49.6. The Bertz CT molecular complexity index is 844. The summed E-state index contributed by atoms with van der Waals surface area (Å²) < 4.78 is 16.7.